The van der Waals surface area contributed by atoms with E-state index < -0.39 is 5.97 Å². The first kappa shape index (κ1) is 21.5. The average molecular weight is 459 g/mol. The molecule has 0 atom stereocenters. The number of hydrogen-bond acceptors (Lipinski definition) is 7. The van der Waals surface area contributed by atoms with Crippen molar-refractivity contribution in [2.45, 2.75) is 26.2 Å². The van der Waals surface area contributed by atoms with Gasteiger partial charge in [-0.1, -0.05) is 37.0 Å². The lowest BCUT2D eigenvalue weighted by molar-refractivity contribution is -0.137. The van der Waals surface area contributed by atoms with Crippen LogP contribution in [0.1, 0.15) is 31.7 Å². The second-order valence-corrected chi connectivity index (χ2v) is 9.41. The normalized spacial score (nSPS) is 19.1. The highest BCUT2D eigenvalue weighted by Gasteiger charge is 2.33. The minimum atomic E-state index is -1.00. The van der Waals surface area contributed by atoms with Gasteiger partial charge in [0.25, 0.3) is 11.5 Å². The van der Waals surface area contributed by atoms with Crippen LogP contribution in [0.2, 0.25) is 0 Å². The van der Waals surface area contributed by atoms with Crippen molar-refractivity contribution >= 4 is 57.7 Å². The molecule has 10 heteroatoms. The summed E-state index contributed by atoms with van der Waals surface area (Å²) in [6.45, 7) is 3.79. The lowest BCUT2D eigenvalue weighted by atomic mass is 9.99. The molecule has 0 radical (unpaired) electrons. The summed E-state index contributed by atoms with van der Waals surface area (Å²) in [5, 5.41) is 8.92. The molecule has 0 bridgehead atoms. The van der Waals surface area contributed by atoms with Crippen LogP contribution in [0.4, 0.5) is 5.82 Å². The van der Waals surface area contributed by atoms with E-state index in [0.29, 0.717) is 32.2 Å². The van der Waals surface area contributed by atoms with Gasteiger partial charge >= 0.3 is 5.97 Å². The molecule has 162 valence electrons. The van der Waals surface area contributed by atoms with Crippen LogP contribution >= 0.6 is 24.0 Å². The van der Waals surface area contributed by atoms with Crippen molar-refractivity contribution in [3.8, 4) is 0 Å². The zero-order chi connectivity index (χ0) is 22.1. The lowest BCUT2D eigenvalue weighted by Crippen LogP contribution is -2.36. The number of rotatable bonds is 5. The van der Waals surface area contributed by atoms with Crippen LogP contribution in [0.3, 0.4) is 0 Å². The van der Waals surface area contributed by atoms with Gasteiger partial charge in [-0.3, -0.25) is 23.7 Å². The SMILES string of the molecule is CC1CCN(c2nc3ccccn3c(=O)c2C=C2SC(=S)N(CCC(=O)O)C2=O)CC1. The number of piperidine rings is 1. The number of hydrogen-bond donors (Lipinski definition) is 1. The van der Waals surface area contributed by atoms with Gasteiger partial charge in [-0.05, 0) is 37.0 Å². The topological polar surface area (TPSA) is 95.2 Å². The number of pyridine rings is 1. The van der Waals surface area contributed by atoms with Crippen molar-refractivity contribution in [2.75, 3.05) is 24.5 Å². The summed E-state index contributed by atoms with van der Waals surface area (Å²) < 4.78 is 1.76. The quantitative estimate of drug-likeness (QED) is 0.540. The number of fused-ring (bicyclic) bond motifs is 1. The number of carbonyl (C=O) groups excluding carboxylic acids is 1. The molecule has 2 aliphatic heterocycles. The summed E-state index contributed by atoms with van der Waals surface area (Å²) in [5.74, 6) is -0.200. The van der Waals surface area contributed by atoms with E-state index in [1.54, 1.807) is 24.4 Å². The highest BCUT2D eigenvalue weighted by atomic mass is 32.2. The van der Waals surface area contributed by atoms with Gasteiger partial charge in [0, 0.05) is 25.8 Å². The van der Waals surface area contributed by atoms with Crippen LogP contribution in [-0.2, 0) is 9.59 Å². The standard InChI is InChI=1S/C21H22N4O4S2/c1-13-5-9-23(10-6-13)18-14(19(28)24-8-3-2-4-16(24)22-18)12-15-20(29)25(21(30)31-15)11-7-17(26)27/h2-4,8,12-13H,5-7,9-11H2,1H3,(H,26,27). The number of aromatic nitrogens is 2. The monoisotopic (exact) mass is 458 g/mol. The van der Waals surface area contributed by atoms with Gasteiger partial charge < -0.3 is 10.0 Å². The fraction of sp³-hybridized carbons (Fsp3) is 0.381. The van der Waals surface area contributed by atoms with Crippen molar-refractivity contribution in [3.63, 3.8) is 0 Å². The number of amides is 1. The van der Waals surface area contributed by atoms with Crippen LogP contribution in [0.25, 0.3) is 11.7 Å². The fourth-order valence-electron chi connectivity index (χ4n) is 3.71. The second kappa shape index (κ2) is 8.80. The van der Waals surface area contributed by atoms with E-state index in [0.717, 1.165) is 37.7 Å². The summed E-state index contributed by atoms with van der Waals surface area (Å²) >= 11 is 6.35. The Bertz CT molecular complexity index is 1150. The average Bonchev–Trinajstić information content (AvgIpc) is 3.01. The molecule has 2 saturated heterocycles. The van der Waals surface area contributed by atoms with E-state index >= 15 is 0 Å². The van der Waals surface area contributed by atoms with E-state index in [-0.39, 0.29) is 24.4 Å². The first-order valence-electron chi connectivity index (χ1n) is 10.1. The molecule has 0 saturated carbocycles. The molecule has 2 aromatic heterocycles. The molecule has 4 rings (SSSR count). The van der Waals surface area contributed by atoms with Gasteiger partial charge in [0.05, 0.1) is 16.9 Å². The van der Waals surface area contributed by atoms with Gasteiger partial charge in [0.2, 0.25) is 0 Å². The van der Waals surface area contributed by atoms with Crippen LogP contribution < -0.4 is 10.5 Å². The highest BCUT2D eigenvalue weighted by Crippen LogP contribution is 2.34. The summed E-state index contributed by atoms with van der Waals surface area (Å²) in [7, 11) is 0. The summed E-state index contributed by atoms with van der Waals surface area (Å²) in [4.78, 5) is 45.5. The Balaban J connectivity index is 1.77. The van der Waals surface area contributed by atoms with Crippen LogP contribution in [0.15, 0.2) is 34.1 Å². The van der Waals surface area contributed by atoms with E-state index in [2.05, 4.69) is 11.8 Å². The van der Waals surface area contributed by atoms with Crippen molar-refractivity contribution in [1.29, 1.82) is 0 Å². The minimum absolute atomic E-state index is 0.00314. The summed E-state index contributed by atoms with van der Waals surface area (Å²) in [5.41, 5.74) is 0.638. The zero-order valence-electron chi connectivity index (χ0n) is 17.0. The molecule has 1 N–H and O–H groups in total. The Morgan fingerprint density at radius 2 is 2.06 bits per heavy atom. The molecule has 8 nitrogen and oxygen atoms in total. The van der Waals surface area contributed by atoms with Gasteiger partial charge in [0.1, 0.15) is 15.8 Å². The molecule has 2 aliphatic rings. The maximum atomic E-state index is 13.3. The van der Waals surface area contributed by atoms with Crippen molar-refractivity contribution in [1.82, 2.24) is 14.3 Å². The predicted octanol–water partition coefficient (Wildman–Crippen LogP) is 2.61. The Labute approximate surface area is 188 Å². The van der Waals surface area contributed by atoms with Gasteiger partial charge in [-0.2, -0.15) is 0 Å². The molecule has 1 amide bonds. The molecular formula is C21H22N4O4S2. The molecule has 2 fully saturated rings. The third-order valence-electron chi connectivity index (χ3n) is 5.53. The number of carboxylic acid groups (broad SMARTS) is 1. The number of anilines is 1. The maximum Gasteiger partial charge on any atom is 0.305 e. The van der Waals surface area contributed by atoms with Gasteiger partial charge in [-0.15, -0.1) is 0 Å². The van der Waals surface area contributed by atoms with Gasteiger partial charge in [0.15, 0.2) is 0 Å². The van der Waals surface area contributed by atoms with E-state index in [9.17, 15) is 14.4 Å². The molecule has 4 heterocycles. The molecule has 0 unspecified atom stereocenters. The first-order chi connectivity index (χ1) is 14.8. The molecule has 0 aliphatic carbocycles. The Kier molecular flexibility index (Phi) is 6.10. The maximum absolute atomic E-state index is 13.3. The highest BCUT2D eigenvalue weighted by molar-refractivity contribution is 8.26. The molecular weight excluding hydrogens is 436 g/mol. The van der Waals surface area contributed by atoms with Crippen molar-refractivity contribution in [2.24, 2.45) is 5.92 Å². The smallest absolute Gasteiger partial charge is 0.305 e. The number of thioether (sulfide) groups is 1. The Morgan fingerprint density at radius 3 is 2.77 bits per heavy atom. The third-order valence-corrected chi connectivity index (χ3v) is 6.91. The van der Waals surface area contributed by atoms with Crippen LogP contribution in [0.5, 0.6) is 0 Å². The molecule has 0 spiro atoms. The Morgan fingerprint density at radius 1 is 1.32 bits per heavy atom. The minimum Gasteiger partial charge on any atom is -0.481 e. The van der Waals surface area contributed by atoms with Crippen LogP contribution in [0, 0.1) is 5.92 Å². The number of carboxylic acids is 1. The molecule has 31 heavy (non-hydrogen) atoms. The van der Waals surface area contributed by atoms with Crippen molar-refractivity contribution in [3.05, 3.63) is 45.2 Å². The third kappa shape index (κ3) is 4.35. The lowest BCUT2D eigenvalue weighted by Gasteiger charge is -2.32. The first-order valence-corrected chi connectivity index (χ1v) is 11.3. The second-order valence-electron chi connectivity index (χ2n) is 7.73. The van der Waals surface area contributed by atoms with E-state index in [1.807, 2.05) is 6.07 Å². The number of carbonyl (C=O) groups is 2. The molecule has 0 aromatic carbocycles. The van der Waals surface area contributed by atoms with E-state index in [1.165, 1.54) is 9.30 Å². The van der Waals surface area contributed by atoms with Crippen LogP contribution in [-0.4, -0.2) is 55.2 Å². The number of nitrogens with zero attached hydrogens (tertiary/aromatic N) is 4. The summed E-state index contributed by atoms with van der Waals surface area (Å²) in [6.07, 6.45) is 5.03. The Hall–Kier alpha value is -2.72. The number of aliphatic carboxylic acids is 1. The zero-order valence-corrected chi connectivity index (χ0v) is 18.6. The van der Waals surface area contributed by atoms with Gasteiger partial charge in [-0.25, -0.2) is 4.98 Å². The largest absolute Gasteiger partial charge is 0.481 e. The molecule has 2 aromatic rings. The van der Waals surface area contributed by atoms with E-state index in [4.69, 9.17) is 22.3 Å². The summed E-state index contributed by atoms with van der Waals surface area (Å²) in [6, 6.07) is 5.37. The predicted molar refractivity (Wildman–Crippen MR) is 124 cm³/mol. The fourth-order valence-corrected chi connectivity index (χ4v) is 5.00. The number of thiocarbonyl (C=S) groups is 1. The van der Waals surface area contributed by atoms with Crippen molar-refractivity contribution < 1.29 is 14.7 Å².